The fraction of sp³-hybridized carbons (Fsp3) is 0.286. The number of benzene rings is 1. The van der Waals surface area contributed by atoms with Gasteiger partial charge in [-0.05, 0) is 19.1 Å². The predicted molar refractivity (Wildman–Crippen MR) is 86.8 cm³/mol. The molecule has 1 atom stereocenters. The summed E-state index contributed by atoms with van der Waals surface area (Å²) in [4.78, 5) is 13.5. The summed E-state index contributed by atoms with van der Waals surface area (Å²) in [5, 5.41) is 21.1. The number of aromatic nitrogens is 2. The summed E-state index contributed by atoms with van der Waals surface area (Å²) in [6.07, 6.45) is 0.274. The smallest absolute Gasteiger partial charge is 0.323 e. The third-order valence-electron chi connectivity index (χ3n) is 3.10. The second kappa shape index (κ2) is 7.20. The first-order valence-electron chi connectivity index (χ1n) is 6.51. The molecule has 8 heteroatoms. The van der Waals surface area contributed by atoms with Crippen molar-refractivity contribution in [2.45, 2.75) is 19.4 Å². The van der Waals surface area contributed by atoms with Gasteiger partial charge in [0, 0.05) is 23.7 Å². The van der Waals surface area contributed by atoms with Crippen molar-refractivity contribution in [3.05, 3.63) is 29.3 Å². The maximum Gasteiger partial charge on any atom is 0.323 e. The lowest BCUT2D eigenvalue weighted by atomic mass is 10.2. The molecule has 2 rings (SSSR count). The van der Waals surface area contributed by atoms with Gasteiger partial charge in [0.1, 0.15) is 5.01 Å². The highest BCUT2D eigenvalue weighted by atomic mass is 35.5. The summed E-state index contributed by atoms with van der Waals surface area (Å²) < 4.78 is 0. The number of urea groups is 1. The van der Waals surface area contributed by atoms with E-state index in [-0.39, 0.29) is 18.5 Å². The zero-order valence-electron chi connectivity index (χ0n) is 12.1. The number of halogens is 1. The topological polar surface area (TPSA) is 81.9 Å². The first-order chi connectivity index (χ1) is 10.5. The maximum absolute atomic E-state index is 12.0. The summed E-state index contributed by atoms with van der Waals surface area (Å²) in [7, 11) is 1.64. The Morgan fingerprint density at radius 3 is 2.77 bits per heavy atom. The number of hydrogen-bond donors (Lipinski definition) is 1. The summed E-state index contributed by atoms with van der Waals surface area (Å²) in [5.74, 6) is 0. The molecule has 0 saturated carbocycles. The van der Waals surface area contributed by atoms with Crippen LogP contribution in [0.1, 0.15) is 13.3 Å². The van der Waals surface area contributed by atoms with Crippen molar-refractivity contribution in [2.24, 2.45) is 0 Å². The van der Waals surface area contributed by atoms with Crippen LogP contribution in [0.4, 0.5) is 9.93 Å². The monoisotopic (exact) mass is 335 g/mol. The second-order valence-electron chi connectivity index (χ2n) is 4.67. The van der Waals surface area contributed by atoms with Gasteiger partial charge < -0.3 is 4.90 Å². The molecule has 1 aromatic carbocycles. The van der Waals surface area contributed by atoms with E-state index in [1.807, 2.05) is 25.1 Å². The van der Waals surface area contributed by atoms with Gasteiger partial charge in [-0.1, -0.05) is 35.1 Å². The zero-order valence-corrected chi connectivity index (χ0v) is 13.6. The van der Waals surface area contributed by atoms with Gasteiger partial charge in [0.15, 0.2) is 0 Å². The molecule has 0 aliphatic carbocycles. The summed E-state index contributed by atoms with van der Waals surface area (Å²) in [6, 6.07) is 8.78. The lowest BCUT2D eigenvalue weighted by Gasteiger charge is -2.22. The molecule has 2 aromatic rings. The molecule has 114 valence electrons. The Kier molecular flexibility index (Phi) is 5.31. The Labute approximate surface area is 137 Å². The molecule has 0 radical (unpaired) electrons. The van der Waals surface area contributed by atoms with E-state index >= 15 is 0 Å². The van der Waals surface area contributed by atoms with E-state index in [4.69, 9.17) is 16.9 Å². The lowest BCUT2D eigenvalue weighted by Crippen LogP contribution is -2.38. The molecular formula is C14H14ClN5OS. The van der Waals surface area contributed by atoms with Crippen molar-refractivity contribution in [1.29, 1.82) is 5.26 Å². The van der Waals surface area contributed by atoms with Crippen LogP contribution in [0.5, 0.6) is 0 Å². The van der Waals surface area contributed by atoms with Gasteiger partial charge in [0.2, 0.25) is 5.13 Å². The van der Waals surface area contributed by atoms with Crippen molar-refractivity contribution in [1.82, 2.24) is 15.1 Å². The molecule has 0 saturated heterocycles. The van der Waals surface area contributed by atoms with Crippen molar-refractivity contribution in [2.75, 3.05) is 12.4 Å². The number of carbonyl (C=O) groups is 1. The van der Waals surface area contributed by atoms with Gasteiger partial charge >= 0.3 is 6.03 Å². The minimum Gasteiger partial charge on any atom is -0.324 e. The number of hydrogen-bond acceptors (Lipinski definition) is 5. The number of rotatable bonds is 4. The van der Waals surface area contributed by atoms with E-state index in [0.717, 1.165) is 5.56 Å². The third-order valence-corrected chi connectivity index (χ3v) is 4.24. The molecule has 0 fully saturated rings. The minimum atomic E-state index is -0.318. The Balaban J connectivity index is 2.04. The molecule has 1 heterocycles. The highest BCUT2D eigenvalue weighted by Crippen LogP contribution is 2.27. The summed E-state index contributed by atoms with van der Waals surface area (Å²) in [6.45, 7) is 1.81. The van der Waals surface area contributed by atoms with Crippen LogP contribution in [-0.2, 0) is 0 Å². The van der Waals surface area contributed by atoms with Crippen LogP contribution in [0.15, 0.2) is 24.3 Å². The summed E-state index contributed by atoms with van der Waals surface area (Å²) in [5.41, 5.74) is 0.883. The molecule has 6 nitrogen and oxygen atoms in total. The molecule has 2 amide bonds. The molecule has 22 heavy (non-hydrogen) atoms. The van der Waals surface area contributed by atoms with Crippen LogP contribution in [0.2, 0.25) is 5.02 Å². The second-order valence-corrected chi connectivity index (χ2v) is 6.09. The predicted octanol–water partition coefficient (Wildman–Crippen LogP) is 3.62. The summed E-state index contributed by atoms with van der Waals surface area (Å²) >= 11 is 7.12. The van der Waals surface area contributed by atoms with Crippen LogP contribution < -0.4 is 5.32 Å². The van der Waals surface area contributed by atoms with Gasteiger partial charge in [-0.3, -0.25) is 5.32 Å². The van der Waals surface area contributed by atoms with Gasteiger partial charge in [0.25, 0.3) is 0 Å². The average molecular weight is 336 g/mol. The molecular weight excluding hydrogens is 322 g/mol. The highest BCUT2D eigenvalue weighted by Gasteiger charge is 2.17. The van der Waals surface area contributed by atoms with Crippen LogP contribution >= 0.6 is 22.9 Å². The quantitative estimate of drug-likeness (QED) is 0.925. The molecule has 0 bridgehead atoms. The molecule has 0 aliphatic rings. The van der Waals surface area contributed by atoms with Crippen LogP contribution in [-0.4, -0.2) is 34.2 Å². The fourth-order valence-electron chi connectivity index (χ4n) is 1.63. The number of anilines is 1. The Morgan fingerprint density at radius 2 is 2.14 bits per heavy atom. The van der Waals surface area contributed by atoms with E-state index in [9.17, 15) is 4.79 Å². The SMILES string of the molecule is C[C@H](CC#N)N(C)C(=O)Nc1nnc(-c2ccc(Cl)cc2)s1. The molecule has 1 N–H and O–H groups in total. The fourth-order valence-corrected chi connectivity index (χ4v) is 2.50. The highest BCUT2D eigenvalue weighted by molar-refractivity contribution is 7.18. The molecule has 0 spiro atoms. The van der Waals surface area contributed by atoms with Crippen LogP contribution in [0.3, 0.4) is 0 Å². The van der Waals surface area contributed by atoms with E-state index in [2.05, 4.69) is 15.5 Å². The Hall–Kier alpha value is -2.17. The minimum absolute atomic E-state index is 0.173. The number of nitrogens with zero attached hydrogens (tertiary/aromatic N) is 4. The Bertz CT molecular complexity index is 694. The van der Waals surface area contributed by atoms with E-state index in [0.29, 0.717) is 15.2 Å². The van der Waals surface area contributed by atoms with E-state index < -0.39 is 0 Å². The standard InChI is InChI=1S/C14H14ClN5OS/c1-9(7-8-16)20(2)14(21)17-13-19-18-12(22-13)10-3-5-11(15)6-4-10/h3-6,9H,7H2,1-2H3,(H,17,19,21)/t9-/m1/s1. The van der Waals surface area contributed by atoms with Gasteiger partial charge in [0.05, 0.1) is 12.5 Å². The molecule has 0 unspecified atom stereocenters. The zero-order chi connectivity index (χ0) is 16.1. The van der Waals surface area contributed by atoms with Crippen molar-refractivity contribution in [3.8, 4) is 16.6 Å². The lowest BCUT2D eigenvalue weighted by molar-refractivity contribution is 0.208. The Morgan fingerprint density at radius 1 is 1.45 bits per heavy atom. The van der Waals surface area contributed by atoms with E-state index in [1.54, 1.807) is 19.2 Å². The van der Waals surface area contributed by atoms with Crippen LogP contribution in [0, 0.1) is 11.3 Å². The van der Waals surface area contributed by atoms with Crippen molar-refractivity contribution in [3.63, 3.8) is 0 Å². The third kappa shape index (κ3) is 3.93. The van der Waals surface area contributed by atoms with Gasteiger partial charge in [-0.2, -0.15) is 5.26 Å². The molecule has 0 aliphatic heterocycles. The van der Waals surface area contributed by atoms with Crippen molar-refractivity contribution < 1.29 is 4.79 Å². The largest absolute Gasteiger partial charge is 0.324 e. The first-order valence-corrected chi connectivity index (χ1v) is 7.71. The number of nitrogens with one attached hydrogen (secondary N) is 1. The number of amides is 2. The van der Waals surface area contributed by atoms with Crippen LogP contribution in [0.25, 0.3) is 10.6 Å². The average Bonchev–Trinajstić information content (AvgIpc) is 2.95. The first kappa shape index (κ1) is 16.2. The van der Waals surface area contributed by atoms with Gasteiger partial charge in [-0.25, -0.2) is 4.79 Å². The number of carbonyl (C=O) groups excluding carboxylic acids is 1. The number of nitriles is 1. The maximum atomic E-state index is 12.0. The molecule has 1 aromatic heterocycles. The van der Waals surface area contributed by atoms with Gasteiger partial charge in [-0.15, -0.1) is 10.2 Å². The van der Waals surface area contributed by atoms with Crippen molar-refractivity contribution >= 4 is 34.1 Å². The normalized spacial score (nSPS) is 11.5. The van der Waals surface area contributed by atoms with E-state index in [1.165, 1.54) is 16.2 Å².